The van der Waals surface area contributed by atoms with Crippen LogP contribution in [0, 0.1) is 6.92 Å². The molecule has 1 rings (SSSR count). The topological polar surface area (TPSA) is 49.3 Å². The minimum Gasteiger partial charge on any atom is -0.395 e. The third-order valence-corrected chi connectivity index (χ3v) is 2.32. The maximum atomic E-state index is 11.5. The minimum atomic E-state index is -0.149. The maximum Gasteiger partial charge on any atom is 0.251 e. The molecule has 0 heterocycles. The fourth-order valence-electron chi connectivity index (χ4n) is 1.15. The Labute approximate surface area is 91.3 Å². The van der Waals surface area contributed by atoms with Crippen LogP contribution in [0.5, 0.6) is 0 Å². The highest BCUT2D eigenvalue weighted by Crippen LogP contribution is 2.15. The first-order chi connectivity index (χ1) is 6.65. The van der Waals surface area contributed by atoms with E-state index in [0.29, 0.717) is 5.56 Å². The van der Waals surface area contributed by atoms with Gasteiger partial charge in [-0.3, -0.25) is 4.79 Å². The van der Waals surface area contributed by atoms with E-state index >= 15 is 0 Å². The Morgan fingerprint density at radius 1 is 1.57 bits per heavy atom. The number of halogens is 1. The lowest BCUT2D eigenvalue weighted by Crippen LogP contribution is -2.26. The van der Waals surface area contributed by atoms with Gasteiger partial charge in [-0.25, -0.2) is 0 Å². The number of hydrogen-bond donors (Lipinski definition) is 2. The summed E-state index contributed by atoms with van der Waals surface area (Å²) in [7, 11) is 0. The van der Waals surface area contributed by atoms with Crippen LogP contribution in [0.3, 0.4) is 0 Å². The summed E-state index contributed by atoms with van der Waals surface area (Å²) in [6.45, 7) is 2.12. The van der Waals surface area contributed by atoms with Crippen LogP contribution in [0.1, 0.15) is 15.9 Å². The highest BCUT2D eigenvalue weighted by molar-refractivity contribution is 9.10. The van der Waals surface area contributed by atoms with Crippen LogP contribution in [-0.2, 0) is 0 Å². The Kier molecular flexibility index (Phi) is 4.10. The van der Waals surface area contributed by atoms with E-state index in [1.54, 1.807) is 6.07 Å². The van der Waals surface area contributed by atoms with Crippen LogP contribution >= 0.6 is 15.9 Å². The molecule has 0 saturated carbocycles. The Morgan fingerprint density at radius 2 is 2.29 bits per heavy atom. The molecule has 4 heteroatoms. The fraction of sp³-hybridized carbons (Fsp3) is 0.300. The second kappa shape index (κ2) is 5.12. The van der Waals surface area contributed by atoms with Crippen molar-refractivity contribution in [2.75, 3.05) is 13.2 Å². The normalized spacial score (nSPS) is 9.93. The molecule has 0 aliphatic heterocycles. The molecule has 0 aromatic heterocycles. The number of hydrogen-bond acceptors (Lipinski definition) is 2. The van der Waals surface area contributed by atoms with Crippen LogP contribution < -0.4 is 5.32 Å². The zero-order valence-electron chi connectivity index (χ0n) is 7.88. The second-order valence-corrected chi connectivity index (χ2v) is 3.85. The second-order valence-electron chi connectivity index (χ2n) is 2.94. The summed E-state index contributed by atoms with van der Waals surface area (Å²) in [6.07, 6.45) is 0. The highest BCUT2D eigenvalue weighted by atomic mass is 79.9. The van der Waals surface area contributed by atoms with Crippen molar-refractivity contribution in [3.8, 4) is 0 Å². The van der Waals surface area contributed by atoms with Crippen LogP contribution in [-0.4, -0.2) is 24.2 Å². The van der Waals surface area contributed by atoms with E-state index in [1.165, 1.54) is 0 Å². The van der Waals surface area contributed by atoms with Gasteiger partial charge in [0.25, 0.3) is 5.91 Å². The van der Waals surface area contributed by atoms with Gasteiger partial charge in [-0.05, 0) is 30.7 Å². The van der Waals surface area contributed by atoms with Gasteiger partial charge in [0, 0.05) is 16.6 Å². The zero-order valence-corrected chi connectivity index (χ0v) is 9.47. The first-order valence-corrected chi connectivity index (χ1v) is 5.09. The highest BCUT2D eigenvalue weighted by Gasteiger charge is 2.07. The number of carbonyl (C=O) groups is 1. The Balaban J connectivity index is 2.80. The SMILES string of the molecule is Cc1cc(Br)ccc1C(=O)NCCO. The third kappa shape index (κ3) is 2.82. The summed E-state index contributed by atoms with van der Waals surface area (Å²) < 4.78 is 0.953. The predicted molar refractivity (Wildman–Crippen MR) is 58.3 cm³/mol. The summed E-state index contributed by atoms with van der Waals surface area (Å²) >= 11 is 3.33. The molecule has 0 fully saturated rings. The van der Waals surface area contributed by atoms with E-state index in [9.17, 15) is 4.79 Å². The van der Waals surface area contributed by atoms with Crippen molar-refractivity contribution >= 4 is 21.8 Å². The van der Waals surface area contributed by atoms with Crippen molar-refractivity contribution in [3.05, 3.63) is 33.8 Å². The maximum absolute atomic E-state index is 11.5. The molecule has 0 spiro atoms. The molecule has 0 radical (unpaired) electrons. The molecular weight excluding hydrogens is 246 g/mol. The van der Waals surface area contributed by atoms with Gasteiger partial charge in [0.2, 0.25) is 0 Å². The molecule has 0 saturated heterocycles. The Morgan fingerprint density at radius 3 is 2.86 bits per heavy atom. The first kappa shape index (κ1) is 11.2. The molecule has 1 aromatic carbocycles. The van der Waals surface area contributed by atoms with E-state index in [2.05, 4.69) is 21.2 Å². The van der Waals surface area contributed by atoms with Crippen LogP contribution in [0.25, 0.3) is 0 Å². The number of aryl methyl sites for hydroxylation is 1. The van der Waals surface area contributed by atoms with E-state index in [4.69, 9.17) is 5.11 Å². The molecule has 0 aliphatic rings. The standard InChI is InChI=1S/C10H12BrNO2/c1-7-6-8(11)2-3-9(7)10(14)12-4-5-13/h2-3,6,13H,4-5H2,1H3,(H,12,14). The number of nitrogens with one attached hydrogen (secondary N) is 1. The lowest BCUT2D eigenvalue weighted by atomic mass is 10.1. The summed E-state index contributed by atoms with van der Waals surface area (Å²) in [4.78, 5) is 11.5. The quantitative estimate of drug-likeness (QED) is 0.862. The molecule has 0 atom stereocenters. The number of carbonyl (C=O) groups excluding carboxylic acids is 1. The van der Waals surface area contributed by atoms with Crippen molar-refractivity contribution in [2.24, 2.45) is 0 Å². The van der Waals surface area contributed by atoms with Gasteiger partial charge in [0.15, 0.2) is 0 Å². The zero-order chi connectivity index (χ0) is 10.6. The largest absolute Gasteiger partial charge is 0.395 e. The molecular formula is C10H12BrNO2. The van der Waals surface area contributed by atoms with E-state index in [0.717, 1.165) is 10.0 Å². The summed E-state index contributed by atoms with van der Waals surface area (Å²) in [6, 6.07) is 5.46. The lowest BCUT2D eigenvalue weighted by molar-refractivity contribution is 0.0944. The Bertz CT molecular complexity index is 339. The van der Waals surface area contributed by atoms with Gasteiger partial charge in [0.05, 0.1) is 6.61 Å². The number of amides is 1. The van der Waals surface area contributed by atoms with E-state index in [1.807, 2.05) is 19.1 Å². The van der Waals surface area contributed by atoms with Gasteiger partial charge >= 0.3 is 0 Å². The van der Waals surface area contributed by atoms with Gasteiger partial charge in [-0.15, -0.1) is 0 Å². The molecule has 14 heavy (non-hydrogen) atoms. The van der Waals surface area contributed by atoms with Crippen LogP contribution in [0.2, 0.25) is 0 Å². The first-order valence-electron chi connectivity index (χ1n) is 4.30. The third-order valence-electron chi connectivity index (χ3n) is 1.83. The number of benzene rings is 1. The van der Waals surface area contributed by atoms with Crippen molar-refractivity contribution in [2.45, 2.75) is 6.92 Å². The van der Waals surface area contributed by atoms with Crippen molar-refractivity contribution in [1.29, 1.82) is 0 Å². The fourth-order valence-corrected chi connectivity index (χ4v) is 1.62. The van der Waals surface area contributed by atoms with Gasteiger partial charge in [0.1, 0.15) is 0 Å². The van der Waals surface area contributed by atoms with E-state index in [-0.39, 0.29) is 19.1 Å². The van der Waals surface area contributed by atoms with Gasteiger partial charge in [-0.2, -0.15) is 0 Å². The van der Waals surface area contributed by atoms with E-state index < -0.39 is 0 Å². The van der Waals surface area contributed by atoms with Gasteiger partial charge < -0.3 is 10.4 Å². The van der Waals surface area contributed by atoms with Crippen LogP contribution in [0.15, 0.2) is 22.7 Å². The van der Waals surface area contributed by atoms with Crippen LogP contribution in [0.4, 0.5) is 0 Å². The smallest absolute Gasteiger partial charge is 0.251 e. The minimum absolute atomic E-state index is 0.0404. The summed E-state index contributed by atoms with van der Waals surface area (Å²) in [5.41, 5.74) is 1.55. The van der Waals surface area contributed by atoms with Crippen molar-refractivity contribution in [3.63, 3.8) is 0 Å². The summed E-state index contributed by atoms with van der Waals surface area (Å²) in [5.74, 6) is -0.149. The molecule has 0 unspecified atom stereocenters. The predicted octanol–water partition coefficient (Wildman–Crippen LogP) is 1.48. The number of aliphatic hydroxyl groups is 1. The van der Waals surface area contributed by atoms with Crippen molar-refractivity contribution < 1.29 is 9.90 Å². The molecule has 3 nitrogen and oxygen atoms in total. The Hall–Kier alpha value is -0.870. The average molecular weight is 258 g/mol. The molecule has 0 aliphatic carbocycles. The lowest BCUT2D eigenvalue weighted by Gasteiger charge is -2.06. The molecule has 1 amide bonds. The summed E-state index contributed by atoms with van der Waals surface area (Å²) in [5, 5.41) is 11.2. The molecule has 2 N–H and O–H groups in total. The molecule has 0 bridgehead atoms. The number of rotatable bonds is 3. The molecule has 1 aromatic rings. The number of aliphatic hydroxyl groups excluding tert-OH is 1. The van der Waals surface area contributed by atoms with Crippen molar-refractivity contribution in [1.82, 2.24) is 5.32 Å². The average Bonchev–Trinajstić information content (AvgIpc) is 2.14. The monoisotopic (exact) mass is 257 g/mol. The molecule has 76 valence electrons. The van der Waals surface area contributed by atoms with Gasteiger partial charge in [-0.1, -0.05) is 15.9 Å².